The molecule has 0 fully saturated rings. The van der Waals surface area contributed by atoms with Crippen molar-refractivity contribution in [3.05, 3.63) is 0 Å². The average molecular weight is 289 g/mol. The molecule has 20 heavy (non-hydrogen) atoms. The number of carbonyl (C=O) groups excluding carboxylic acids is 2. The van der Waals surface area contributed by atoms with Crippen LogP contribution in [0.15, 0.2) is 0 Å². The largest absolute Gasteiger partial charge is 0.479 e. The van der Waals surface area contributed by atoms with E-state index < -0.39 is 24.1 Å². The zero-order chi connectivity index (χ0) is 15.9. The van der Waals surface area contributed by atoms with Crippen LogP contribution >= 0.6 is 0 Å². The molecule has 0 aromatic carbocycles. The van der Waals surface area contributed by atoms with Crippen LogP contribution in [0.2, 0.25) is 0 Å². The summed E-state index contributed by atoms with van der Waals surface area (Å²) in [5.41, 5.74) is -2.04. The lowest BCUT2D eigenvalue weighted by Gasteiger charge is -2.25. The first kappa shape index (κ1) is 18.2. The summed E-state index contributed by atoms with van der Waals surface area (Å²) in [5.74, 6) is -1.63. The second kappa shape index (κ2) is 7.68. The molecular weight excluding hydrogens is 266 g/mol. The molecule has 0 aromatic rings. The summed E-state index contributed by atoms with van der Waals surface area (Å²) in [6.07, 6.45) is 0. The number of hydrogen-bond donors (Lipinski definition) is 3. The third-order valence-corrected chi connectivity index (χ3v) is 2.88. The van der Waals surface area contributed by atoms with E-state index in [9.17, 15) is 19.5 Å². The second-order valence-electron chi connectivity index (χ2n) is 4.66. The van der Waals surface area contributed by atoms with E-state index in [0.29, 0.717) is 13.1 Å². The lowest BCUT2D eigenvalue weighted by molar-refractivity contribution is -0.155. The molecule has 0 aliphatic carbocycles. The average Bonchev–Trinajstić information content (AvgIpc) is 2.37. The van der Waals surface area contributed by atoms with Gasteiger partial charge in [0.15, 0.2) is 5.60 Å². The standard InChI is InChI=1S/C12H23N3O5/c1-5-15(6-2)9(16)7-14(4)11(19)13-8-12(3,20)10(17)18/h20H,5-8H2,1-4H3,(H,13,19)(H,17,18). The molecule has 0 aliphatic heterocycles. The van der Waals surface area contributed by atoms with E-state index in [1.807, 2.05) is 13.8 Å². The first-order chi connectivity index (χ1) is 9.15. The highest BCUT2D eigenvalue weighted by Gasteiger charge is 2.30. The number of carboxylic acids is 1. The van der Waals surface area contributed by atoms with Crippen LogP contribution in [0, 0.1) is 0 Å². The van der Waals surface area contributed by atoms with Gasteiger partial charge in [-0.25, -0.2) is 9.59 Å². The topological polar surface area (TPSA) is 110 Å². The van der Waals surface area contributed by atoms with E-state index >= 15 is 0 Å². The summed E-state index contributed by atoms with van der Waals surface area (Å²) in [6, 6.07) is -0.618. The van der Waals surface area contributed by atoms with Crippen LogP contribution in [-0.4, -0.2) is 76.7 Å². The Kier molecular flexibility index (Phi) is 6.98. The van der Waals surface area contributed by atoms with Gasteiger partial charge in [-0.2, -0.15) is 0 Å². The molecule has 116 valence electrons. The molecular formula is C12H23N3O5. The molecule has 0 heterocycles. The molecule has 1 unspecified atom stereocenters. The van der Waals surface area contributed by atoms with Crippen molar-refractivity contribution in [2.24, 2.45) is 0 Å². The van der Waals surface area contributed by atoms with Gasteiger partial charge in [0.1, 0.15) is 6.54 Å². The van der Waals surface area contributed by atoms with Gasteiger partial charge < -0.3 is 25.3 Å². The van der Waals surface area contributed by atoms with Gasteiger partial charge in [0, 0.05) is 20.1 Å². The number of hydrogen-bond acceptors (Lipinski definition) is 4. The van der Waals surface area contributed by atoms with Gasteiger partial charge >= 0.3 is 12.0 Å². The van der Waals surface area contributed by atoms with Gasteiger partial charge in [0.05, 0.1) is 6.54 Å². The lowest BCUT2D eigenvalue weighted by Crippen LogP contribution is -2.51. The predicted octanol–water partition coefficient (Wildman–Crippen LogP) is -0.668. The first-order valence-electron chi connectivity index (χ1n) is 6.38. The number of urea groups is 1. The van der Waals surface area contributed by atoms with Crippen molar-refractivity contribution in [2.45, 2.75) is 26.4 Å². The number of carbonyl (C=O) groups is 3. The maximum absolute atomic E-state index is 11.8. The molecule has 0 aliphatic rings. The highest BCUT2D eigenvalue weighted by molar-refractivity contribution is 5.84. The van der Waals surface area contributed by atoms with Crippen molar-refractivity contribution in [2.75, 3.05) is 33.2 Å². The normalized spacial score (nSPS) is 13.2. The van der Waals surface area contributed by atoms with Gasteiger partial charge in [-0.3, -0.25) is 4.79 Å². The molecule has 0 rings (SSSR count). The number of nitrogens with one attached hydrogen (secondary N) is 1. The van der Waals surface area contributed by atoms with Crippen molar-refractivity contribution in [1.29, 1.82) is 0 Å². The van der Waals surface area contributed by atoms with E-state index in [4.69, 9.17) is 5.11 Å². The van der Waals surface area contributed by atoms with Crippen molar-refractivity contribution in [3.63, 3.8) is 0 Å². The fraction of sp³-hybridized carbons (Fsp3) is 0.750. The zero-order valence-electron chi connectivity index (χ0n) is 12.3. The summed E-state index contributed by atoms with van der Waals surface area (Å²) < 4.78 is 0. The van der Waals surface area contributed by atoms with Gasteiger partial charge in [-0.1, -0.05) is 0 Å². The van der Waals surface area contributed by atoms with Gasteiger partial charge in [0.25, 0.3) is 0 Å². The summed E-state index contributed by atoms with van der Waals surface area (Å²) in [4.78, 5) is 36.9. The number of aliphatic hydroxyl groups is 1. The van der Waals surface area contributed by atoms with Gasteiger partial charge in [0.2, 0.25) is 5.91 Å². The van der Waals surface area contributed by atoms with Crippen LogP contribution < -0.4 is 5.32 Å². The molecule has 0 saturated carbocycles. The van der Waals surface area contributed by atoms with E-state index in [0.717, 1.165) is 11.8 Å². The van der Waals surface area contributed by atoms with Gasteiger partial charge in [-0.15, -0.1) is 0 Å². The van der Waals surface area contributed by atoms with E-state index in [-0.39, 0.29) is 12.5 Å². The maximum Gasteiger partial charge on any atom is 0.337 e. The van der Waals surface area contributed by atoms with E-state index in [1.54, 1.807) is 4.90 Å². The summed E-state index contributed by atoms with van der Waals surface area (Å²) in [7, 11) is 1.42. The van der Waals surface area contributed by atoms with Crippen LogP contribution in [0.5, 0.6) is 0 Å². The molecule has 3 N–H and O–H groups in total. The van der Waals surface area contributed by atoms with Crippen LogP contribution in [0.1, 0.15) is 20.8 Å². The molecule has 1 atom stereocenters. The SMILES string of the molecule is CCN(CC)C(=O)CN(C)C(=O)NCC(C)(O)C(=O)O. The molecule has 0 bridgehead atoms. The number of likely N-dealkylation sites (N-methyl/N-ethyl adjacent to an activating group) is 2. The second-order valence-corrected chi connectivity index (χ2v) is 4.66. The van der Waals surface area contributed by atoms with Crippen molar-refractivity contribution < 1.29 is 24.6 Å². The minimum absolute atomic E-state index is 0.108. The Bertz CT molecular complexity index is 366. The number of nitrogens with zero attached hydrogens (tertiary/aromatic N) is 2. The molecule has 8 heteroatoms. The van der Waals surface area contributed by atoms with Gasteiger partial charge in [-0.05, 0) is 20.8 Å². The minimum atomic E-state index is -2.04. The third-order valence-electron chi connectivity index (χ3n) is 2.88. The summed E-state index contributed by atoms with van der Waals surface area (Å²) >= 11 is 0. The maximum atomic E-state index is 11.8. The number of carboxylic acid groups (broad SMARTS) is 1. The smallest absolute Gasteiger partial charge is 0.337 e. The van der Waals surface area contributed by atoms with Crippen molar-refractivity contribution in [3.8, 4) is 0 Å². The summed E-state index contributed by atoms with van der Waals surface area (Å²) in [5, 5.41) is 20.4. The Morgan fingerprint density at radius 2 is 1.70 bits per heavy atom. The Morgan fingerprint density at radius 1 is 1.20 bits per heavy atom. The lowest BCUT2D eigenvalue weighted by atomic mass is 10.1. The zero-order valence-corrected chi connectivity index (χ0v) is 12.3. The van der Waals surface area contributed by atoms with Crippen LogP contribution in [-0.2, 0) is 9.59 Å². The van der Waals surface area contributed by atoms with E-state index in [1.165, 1.54) is 7.05 Å². The monoisotopic (exact) mass is 289 g/mol. The van der Waals surface area contributed by atoms with Crippen LogP contribution in [0.3, 0.4) is 0 Å². The Morgan fingerprint density at radius 3 is 2.10 bits per heavy atom. The Balaban J connectivity index is 4.36. The molecule has 3 amide bonds. The predicted molar refractivity (Wildman–Crippen MR) is 72.2 cm³/mol. The molecule has 0 saturated heterocycles. The number of aliphatic carboxylic acids is 1. The Hall–Kier alpha value is -1.83. The Labute approximate surface area is 118 Å². The van der Waals surface area contributed by atoms with Crippen LogP contribution in [0.25, 0.3) is 0 Å². The minimum Gasteiger partial charge on any atom is -0.479 e. The number of amides is 3. The van der Waals surface area contributed by atoms with Crippen molar-refractivity contribution >= 4 is 17.9 Å². The molecule has 8 nitrogen and oxygen atoms in total. The third kappa shape index (κ3) is 5.43. The molecule has 0 spiro atoms. The molecule has 0 aromatic heterocycles. The fourth-order valence-corrected chi connectivity index (χ4v) is 1.41. The fourth-order valence-electron chi connectivity index (χ4n) is 1.41. The van der Waals surface area contributed by atoms with Crippen molar-refractivity contribution in [1.82, 2.24) is 15.1 Å². The highest BCUT2D eigenvalue weighted by atomic mass is 16.4. The highest BCUT2D eigenvalue weighted by Crippen LogP contribution is 2.01. The summed E-state index contributed by atoms with van der Waals surface area (Å²) in [6.45, 7) is 5.32. The molecule has 0 radical (unpaired) electrons. The van der Waals surface area contributed by atoms with E-state index in [2.05, 4.69) is 5.32 Å². The quantitative estimate of drug-likeness (QED) is 0.576. The van der Waals surface area contributed by atoms with Crippen LogP contribution in [0.4, 0.5) is 4.79 Å². The number of rotatable bonds is 7. The first-order valence-corrected chi connectivity index (χ1v) is 6.38.